The standard InChI is InChI=1S/C21H22O/c1-16-8-12-19(13-9-16)7-5-4-6-18(3)21(22)20-14-10-17(2)11-15-20/h4-6,8-15H,7H2,1-3H3/b5-4+,18-6+. The molecule has 0 saturated heterocycles. The average Bonchev–Trinajstić information content (AvgIpc) is 2.53. The second kappa shape index (κ2) is 7.56. The number of hydrogen-bond acceptors (Lipinski definition) is 1. The number of Topliss-reactive ketones (excluding diaryl/α,β-unsaturated/α-hetero) is 1. The predicted octanol–water partition coefficient (Wildman–Crippen LogP) is 5.23. The zero-order valence-corrected chi connectivity index (χ0v) is 13.5. The molecule has 2 rings (SSSR count). The van der Waals surface area contributed by atoms with Crippen molar-refractivity contribution in [1.29, 1.82) is 0 Å². The van der Waals surface area contributed by atoms with E-state index in [4.69, 9.17) is 0 Å². The number of allylic oxidation sites excluding steroid dienone is 4. The summed E-state index contributed by atoms with van der Waals surface area (Å²) >= 11 is 0. The molecule has 0 amide bonds. The van der Waals surface area contributed by atoms with E-state index < -0.39 is 0 Å². The summed E-state index contributed by atoms with van der Waals surface area (Å²) in [7, 11) is 0. The van der Waals surface area contributed by atoms with Gasteiger partial charge in [0.2, 0.25) is 0 Å². The SMILES string of the molecule is C/C(=C\C=C\Cc1ccc(C)cc1)C(=O)c1ccc(C)cc1. The van der Waals surface area contributed by atoms with Crippen LogP contribution in [0.1, 0.15) is 34.0 Å². The Hall–Kier alpha value is -2.41. The van der Waals surface area contributed by atoms with Crippen molar-refractivity contribution in [2.75, 3.05) is 0 Å². The number of benzene rings is 2. The minimum atomic E-state index is 0.0833. The molecule has 0 aromatic heterocycles. The molecule has 0 atom stereocenters. The molecule has 0 fully saturated rings. The van der Waals surface area contributed by atoms with E-state index in [1.165, 1.54) is 11.1 Å². The molecule has 0 saturated carbocycles. The van der Waals surface area contributed by atoms with E-state index in [9.17, 15) is 4.79 Å². The molecular formula is C21H22O. The van der Waals surface area contributed by atoms with Gasteiger partial charge < -0.3 is 0 Å². The van der Waals surface area contributed by atoms with Crippen molar-refractivity contribution in [2.24, 2.45) is 0 Å². The third kappa shape index (κ3) is 4.56. The molecule has 2 aromatic rings. The quantitative estimate of drug-likeness (QED) is 0.418. The van der Waals surface area contributed by atoms with Gasteiger partial charge in [-0.25, -0.2) is 0 Å². The van der Waals surface area contributed by atoms with Gasteiger partial charge in [0.15, 0.2) is 5.78 Å². The Kier molecular flexibility index (Phi) is 5.48. The Morgan fingerprint density at radius 1 is 0.909 bits per heavy atom. The second-order valence-electron chi connectivity index (χ2n) is 5.66. The summed E-state index contributed by atoms with van der Waals surface area (Å²) < 4.78 is 0. The van der Waals surface area contributed by atoms with E-state index in [1.807, 2.05) is 50.3 Å². The van der Waals surface area contributed by atoms with Gasteiger partial charge in [0.1, 0.15) is 0 Å². The van der Waals surface area contributed by atoms with Gasteiger partial charge >= 0.3 is 0 Å². The maximum absolute atomic E-state index is 12.3. The van der Waals surface area contributed by atoms with Gasteiger partial charge in [-0.2, -0.15) is 0 Å². The molecule has 2 aromatic carbocycles. The van der Waals surface area contributed by atoms with Crippen LogP contribution in [0.15, 0.2) is 72.3 Å². The van der Waals surface area contributed by atoms with Crippen LogP contribution in [0.4, 0.5) is 0 Å². The highest BCUT2D eigenvalue weighted by Gasteiger charge is 2.06. The minimum absolute atomic E-state index is 0.0833. The van der Waals surface area contributed by atoms with Gasteiger partial charge in [0.25, 0.3) is 0 Å². The first-order chi connectivity index (χ1) is 10.6. The molecule has 0 spiro atoms. The first kappa shape index (κ1) is 16.0. The number of carbonyl (C=O) groups excluding carboxylic acids is 1. The van der Waals surface area contributed by atoms with E-state index in [0.29, 0.717) is 0 Å². The van der Waals surface area contributed by atoms with E-state index in [2.05, 4.69) is 37.3 Å². The lowest BCUT2D eigenvalue weighted by atomic mass is 10.0. The third-order valence-electron chi connectivity index (χ3n) is 3.63. The monoisotopic (exact) mass is 290 g/mol. The molecule has 0 radical (unpaired) electrons. The first-order valence-corrected chi connectivity index (χ1v) is 7.56. The fourth-order valence-corrected chi connectivity index (χ4v) is 2.15. The van der Waals surface area contributed by atoms with Gasteiger partial charge in [-0.1, -0.05) is 77.9 Å². The second-order valence-corrected chi connectivity index (χ2v) is 5.66. The molecular weight excluding hydrogens is 268 g/mol. The number of ketones is 1. The van der Waals surface area contributed by atoms with Crippen molar-refractivity contribution >= 4 is 5.78 Å². The number of aryl methyl sites for hydroxylation is 2. The molecule has 0 aliphatic heterocycles. The van der Waals surface area contributed by atoms with Crippen molar-refractivity contribution in [3.63, 3.8) is 0 Å². The summed E-state index contributed by atoms with van der Waals surface area (Å²) in [5.74, 6) is 0.0833. The summed E-state index contributed by atoms with van der Waals surface area (Å²) in [5, 5.41) is 0. The van der Waals surface area contributed by atoms with Gasteiger partial charge in [-0.05, 0) is 38.3 Å². The molecule has 1 heteroatoms. The number of hydrogen-bond donors (Lipinski definition) is 0. The Morgan fingerprint density at radius 2 is 1.45 bits per heavy atom. The average molecular weight is 290 g/mol. The lowest BCUT2D eigenvalue weighted by Crippen LogP contribution is -2.00. The van der Waals surface area contributed by atoms with Crippen molar-refractivity contribution in [3.8, 4) is 0 Å². The first-order valence-electron chi connectivity index (χ1n) is 7.56. The number of rotatable bonds is 5. The van der Waals surface area contributed by atoms with Crippen LogP contribution in [0.25, 0.3) is 0 Å². The van der Waals surface area contributed by atoms with E-state index in [1.54, 1.807) is 0 Å². The molecule has 22 heavy (non-hydrogen) atoms. The molecule has 112 valence electrons. The maximum Gasteiger partial charge on any atom is 0.188 e. The van der Waals surface area contributed by atoms with Crippen LogP contribution < -0.4 is 0 Å². The molecule has 0 N–H and O–H groups in total. The van der Waals surface area contributed by atoms with Gasteiger partial charge in [-0.15, -0.1) is 0 Å². The zero-order valence-electron chi connectivity index (χ0n) is 13.5. The Bertz CT molecular complexity index is 686. The molecule has 0 aliphatic carbocycles. The summed E-state index contributed by atoms with van der Waals surface area (Å²) in [5.41, 5.74) is 5.20. The van der Waals surface area contributed by atoms with Crippen molar-refractivity contribution in [2.45, 2.75) is 27.2 Å². The lowest BCUT2D eigenvalue weighted by Gasteiger charge is -2.01. The number of carbonyl (C=O) groups is 1. The summed E-state index contributed by atoms with van der Waals surface area (Å²) in [4.78, 5) is 12.3. The highest BCUT2D eigenvalue weighted by atomic mass is 16.1. The summed E-state index contributed by atoms with van der Waals surface area (Å²) in [6.07, 6.45) is 6.80. The predicted molar refractivity (Wildman–Crippen MR) is 93.3 cm³/mol. The molecule has 0 unspecified atom stereocenters. The Balaban J connectivity index is 1.96. The molecule has 0 heterocycles. The third-order valence-corrected chi connectivity index (χ3v) is 3.63. The van der Waals surface area contributed by atoms with Crippen LogP contribution in [0.3, 0.4) is 0 Å². The fourth-order valence-electron chi connectivity index (χ4n) is 2.15. The topological polar surface area (TPSA) is 17.1 Å². The molecule has 1 nitrogen and oxygen atoms in total. The van der Waals surface area contributed by atoms with Crippen LogP contribution in [-0.4, -0.2) is 5.78 Å². The van der Waals surface area contributed by atoms with Crippen LogP contribution in [0.5, 0.6) is 0 Å². The summed E-state index contributed by atoms with van der Waals surface area (Å²) in [6.45, 7) is 5.96. The van der Waals surface area contributed by atoms with Gasteiger partial charge in [-0.3, -0.25) is 4.79 Å². The van der Waals surface area contributed by atoms with Gasteiger partial charge in [0.05, 0.1) is 0 Å². The fraction of sp³-hybridized carbons (Fsp3) is 0.190. The zero-order chi connectivity index (χ0) is 15.9. The van der Waals surface area contributed by atoms with Crippen LogP contribution in [0, 0.1) is 13.8 Å². The van der Waals surface area contributed by atoms with Gasteiger partial charge in [0, 0.05) is 5.56 Å². The molecule has 0 aliphatic rings. The minimum Gasteiger partial charge on any atom is -0.289 e. The Morgan fingerprint density at radius 3 is 2.05 bits per heavy atom. The summed E-state index contributed by atoms with van der Waals surface area (Å²) in [6, 6.07) is 16.2. The normalized spacial score (nSPS) is 11.9. The van der Waals surface area contributed by atoms with Crippen molar-refractivity contribution in [3.05, 3.63) is 94.6 Å². The van der Waals surface area contributed by atoms with Crippen molar-refractivity contribution in [1.82, 2.24) is 0 Å². The van der Waals surface area contributed by atoms with Crippen LogP contribution in [-0.2, 0) is 6.42 Å². The smallest absolute Gasteiger partial charge is 0.188 e. The van der Waals surface area contributed by atoms with Crippen molar-refractivity contribution < 1.29 is 4.79 Å². The Labute approximate surface area is 133 Å². The van der Waals surface area contributed by atoms with E-state index in [0.717, 1.165) is 23.1 Å². The van der Waals surface area contributed by atoms with Crippen LogP contribution in [0.2, 0.25) is 0 Å². The van der Waals surface area contributed by atoms with E-state index >= 15 is 0 Å². The maximum atomic E-state index is 12.3. The van der Waals surface area contributed by atoms with E-state index in [-0.39, 0.29) is 5.78 Å². The van der Waals surface area contributed by atoms with Crippen LogP contribution >= 0.6 is 0 Å². The highest BCUT2D eigenvalue weighted by Crippen LogP contribution is 2.10. The highest BCUT2D eigenvalue weighted by molar-refractivity contribution is 6.08. The largest absolute Gasteiger partial charge is 0.289 e. The molecule has 0 bridgehead atoms. The lowest BCUT2D eigenvalue weighted by molar-refractivity contribution is 0.103.